The summed E-state index contributed by atoms with van der Waals surface area (Å²) in [5.74, 6) is 0. The standard InChI is InChI=1S/C15H17NO2/c1-3-18-11(2)12-4-6-13(7-5-12)14-8-9-16-15(17)10-14/h4-11H,3H2,1-2H3,(H,16,17). The van der Waals surface area contributed by atoms with Gasteiger partial charge in [0.1, 0.15) is 0 Å². The molecule has 3 heteroatoms. The molecule has 94 valence electrons. The molecule has 18 heavy (non-hydrogen) atoms. The molecule has 0 aliphatic heterocycles. The SMILES string of the molecule is CCOC(C)c1ccc(-c2cc[nH]c(=O)c2)cc1. The van der Waals surface area contributed by atoms with E-state index in [1.54, 1.807) is 12.3 Å². The Kier molecular flexibility index (Phi) is 3.95. The second-order valence-electron chi connectivity index (χ2n) is 4.16. The minimum atomic E-state index is -0.0840. The van der Waals surface area contributed by atoms with Crippen molar-refractivity contribution in [2.24, 2.45) is 0 Å². The Balaban J connectivity index is 2.25. The van der Waals surface area contributed by atoms with Crippen LogP contribution in [0.3, 0.4) is 0 Å². The first-order valence-corrected chi connectivity index (χ1v) is 6.11. The maximum atomic E-state index is 11.2. The third-order valence-corrected chi connectivity index (χ3v) is 2.91. The fraction of sp³-hybridized carbons (Fsp3) is 0.267. The summed E-state index contributed by atoms with van der Waals surface area (Å²) in [5, 5.41) is 0. The minimum absolute atomic E-state index is 0.0840. The molecule has 1 aromatic carbocycles. The topological polar surface area (TPSA) is 42.1 Å². The maximum absolute atomic E-state index is 11.2. The van der Waals surface area contributed by atoms with E-state index in [1.165, 1.54) is 0 Å². The summed E-state index contributed by atoms with van der Waals surface area (Å²) in [6, 6.07) is 11.6. The highest BCUT2D eigenvalue weighted by Crippen LogP contribution is 2.22. The molecule has 3 nitrogen and oxygen atoms in total. The number of hydrogen-bond donors (Lipinski definition) is 1. The van der Waals surface area contributed by atoms with Gasteiger partial charge in [0.05, 0.1) is 6.10 Å². The molecule has 1 heterocycles. The lowest BCUT2D eigenvalue weighted by atomic mass is 10.0. The maximum Gasteiger partial charge on any atom is 0.248 e. The van der Waals surface area contributed by atoms with E-state index in [0.717, 1.165) is 16.7 Å². The lowest BCUT2D eigenvalue weighted by molar-refractivity contribution is 0.0764. The monoisotopic (exact) mass is 243 g/mol. The fourth-order valence-corrected chi connectivity index (χ4v) is 1.92. The summed E-state index contributed by atoms with van der Waals surface area (Å²) >= 11 is 0. The first-order chi connectivity index (χ1) is 8.70. The van der Waals surface area contributed by atoms with E-state index in [9.17, 15) is 4.79 Å². The average Bonchev–Trinajstić information content (AvgIpc) is 2.39. The Labute approximate surface area is 106 Å². The second kappa shape index (κ2) is 5.65. The highest BCUT2D eigenvalue weighted by atomic mass is 16.5. The van der Waals surface area contributed by atoms with Crippen LogP contribution in [0.25, 0.3) is 11.1 Å². The molecule has 1 atom stereocenters. The van der Waals surface area contributed by atoms with Crippen molar-refractivity contribution in [1.82, 2.24) is 4.98 Å². The molecule has 0 amide bonds. The third-order valence-electron chi connectivity index (χ3n) is 2.91. The van der Waals surface area contributed by atoms with Gasteiger partial charge in [0.15, 0.2) is 0 Å². The van der Waals surface area contributed by atoms with Crippen molar-refractivity contribution in [1.29, 1.82) is 0 Å². The predicted molar refractivity (Wildman–Crippen MR) is 72.5 cm³/mol. The minimum Gasteiger partial charge on any atom is -0.374 e. The number of pyridine rings is 1. The third kappa shape index (κ3) is 2.87. The average molecular weight is 243 g/mol. The van der Waals surface area contributed by atoms with Gasteiger partial charge in [0.2, 0.25) is 5.56 Å². The number of nitrogens with one attached hydrogen (secondary N) is 1. The van der Waals surface area contributed by atoms with Crippen molar-refractivity contribution in [3.05, 3.63) is 58.5 Å². The van der Waals surface area contributed by atoms with E-state index in [1.807, 2.05) is 44.2 Å². The largest absolute Gasteiger partial charge is 0.374 e. The molecule has 0 saturated carbocycles. The van der Waals surface area contributed by atoms with Gasteiger partial charge in [-0.25, -0.2) is 0 Å². The summed E-state index contributed by atoms with van der Waals surface area (Å²) in [6.07, 6.45) is 1.76. The second-order valence-corrected chi connectivity index (χ2v) is 4.16. The quantitative estimate of drug-likeness (QED) is 0.896. The summed E-state index contributed by atoms with van der Waals surface area (Å²) < 4.78 is 5.54. The van der Waals surface area contributed by atoms with Crippen LogP contribution in [0, 0.1) is 0 Å². The van der Waals surface area contributed by atoms with E-state index in [2.05, 4.69) is 4.98 Å². The van der Waals surface area contributed by atoms with Crippen molar-refractivity contribution >= 4 is 0 Å². The number of hydrogen-bond acceptors (Lipinski definition) is 2. The van der Waals surface area contributed by atoms with Gasteiger partial charge in [-0.05, 0) is 36.6 Å². The number of benzene rings is 1. The molecular weight excluding hydrogens is 226 g/mol. The van der Waals surface area contributed by atoms with Gasteiger partial charge in [-0.1, -0.05) is 24.3 Å². The van der Waals surface area contributed by atoms with E-state index in [4.69, 9.17) is 4.74 Å². The Morgan fingerprint density at radius 1 is 1.17 bits per heavy atom. The van der Waals surface area contributed by atoms with Crippen molar-refractivity contribution in [2.75, 3.05) is 6.61 Å². The van der Waals surface area contributed by atoms with Crippen LogP contribution in [-0.2, 0) is 4.74 Å². The summed E-state index contributed by atoms with van der Waals surface area (Å²) in [7, 11) is 0. The molecular formula is C15H17NO2. The molecule has 2 aromatic rings. The van der Waals surface area contributed by atoms with Crippen LogP contribution in [0.4, 0.5) is 0 Å². The molecule has 0 spiro atoms. The van der Waals surface area contributed by atoms with Gasteiger partial charge in [-0.2, -0.15) is 0 Å². The normalized spacial score (nSPS) is 12.3. The number of ether oxygens (including phenoxy) is 1. The van der Waals surface area contributed by atoms with Crippen LogP contribution >= 0.6 is 0 Å². The summed E-state index contributed by atoms with van der Waals surface area (Å²) in [4.78, 5) is 13.9. The number of aromatic nitrogens is 1. The Morgan fingerprint density at radius 3 is 2.50 bits per heavy atom. The summed E-state index contributed by atoms with van der Waals surface area (Å²) in [6.45, 7) is 4.73. The Morgan fingerprint density at radius 2 is 1.89 bits per heavy atom. The zero-order valence-corrected chi connectivity index (χ0v) is 10.6. The molecule has 0 fully saturated rings. The molecule has 2 rings (SSSR count). The van der Waals surface area contributed by atoms with Crippen LogP contribution in [0.5, 0.6) is 0 Å². The molecule has 1 N–H and O–H groups in total. The smallest absolute Gasteiger partial charge is 0.248 e. The van der Waals surface area contributed by atoms with Crippen LogP contribution in [0.2, 0.25) is 0 Å². The number of H-pyrrole nitrogens is 1. The molecule has 0 aliphatic rings. The number of rotatable bonds is 4. The van der Waals surface area contributed by atoms with Crippen molar-refractivity contribution in [3.63, 3.8) is 0 Å². The molecule has 0 aliphatic carbocycles. The van der Waals surface area contributed by atoms with Crippen LogP contribution in [-0.4, -0.2) is 11.6 Å². The van der Waals surface area contributed by atoms with Gasteiger partial charge in [-0.3, -0.25) is 4.79 Å². The fourth-order valence-electron chi connectivity index (χ4n) is 1.92. The van der Waals surface area contributed by atoms with E-state index >= 15 is 0 Å². The van der Waals surface area contributed by atoms with Gasteiger partial charge < -0.3 is 9.72 Å². The first-order valence-electron chi connectivity index (χ1n) is 6.11. The zero-order chi connectivity index (χ0) is 13.0. The van der Waals surface area contributed by atoms with Crippen molar-refractivity contribution in [2.45, 2.75) is 20.0 Å². The first kappa shape index (κ1) is 12.6. The molecule has 1 aromatic heterocycles. The van der Waals surface area contributed by atoms with Gasteiger partial charge >= 0.3 is 0 Å². The predicted octanol–water partition coefficient (Wildman–Crippen LogP) is 3.14. The molecule has 1 unspecified atom stereocenters. The van der Waals surface area contributed by atoms with Crippen LogP contribution < -0.4 is 5.56 Å². The molecule has 0 bridgehead atoms. The van der Waals surface area contributed by atoms with Crippen molar-refractivity contribution in [3.8, 4) is 11.1 Å². The lowest BCUT2D eigenvalue weighted by Crippen LogP contribution is -2.02. The van der Waals surface area contributed by atoms with Crippen LogP contribution in [0.1, 0.15) is 25.5 Å². The summed E-state index contributed by atoms with van der Waals surface area (Å²) in [5.41, 5.74) is 3.02. The van der Waals surface area contributed by atoms with E-state index in [-0.39, 0.29) is 11.7 Å². The molecule has 0 radical (unpaired) electrons. The van der Waals surface area contributed by atoms with Crippen LogP contribution in [0.15, 0.2) is 47.4 Å². The van der Waals surface area contributed by atoms with Crippen molar-refractivity contribution < 1.29 is 4.74 Å². The lowest BCUT2D eigenvalue weighted by Gasteiger charge is -2.12. The van der Waals surface area contributed by atoms with Gasteiger partial charge in [-0.15, -0.1) is 0 Å². The van der Waals surface area contributed by atoms with Gasteiger partial charge in [0.25, 0.3) is 0 Å². The number of aromatic amines is 1. The van der Waals surface area contributed by atoms with Gasteiger partial charge in [0, 0.05) is 18.9 Å². The highest BCUT2D eigenvalue weighted by Gasteiger charge is 2.05. The van der Waals surface area contributed by atoms with E-state index in [0.29, 0.717) is 6.61 Å². The zero-order valence-electron chi connectivity index (χ0n) is 10.6. The molecule has 0 saturated heterocycles. The Bertz CT molecular complexity index is 557. The van der Waals surface area contributed by atoms with E-state index < -0.39 is 0 Å². The Hall–Kier alpha value is -1.87. The highest BCUT2D eigenvalue weighted by molar-refractivity contribution is 5.62.